The van der Waals surface area contributed by atoms with Crippen LogP contribution in [0.2, 0.25) is 0 Å². The molecule has 0 aromatic heterocycles. The fourth-order valence-corrected chi connectivity index (χ4v) is 2.24. The van der Waals surface area contributed by atoms with Crippen LogP contribution in [0.1, 0.15) is 46.0 Å². The fourth-order valence-electron chi connectivity index (χ4n) is 1.64. The van der Waals surface area contributed by atoms with Gasteiger partial charge < -0.3 is 4.74 Å². The van der Waals surface area contributed by atoms with Gasteiger partial charge in [-0.2, -0.15) is 0 Å². The quantitative estimate of drug-likeness (QED) is 0.337. The van der Waals surface area contributed by atoms with Crippen LogP contribution in [0, 0.1) is 5.92 Å². The molecule has 0 radical (unpaired) electrons. The van der Waals surface area contributed by atoms with E-state index in [-0.39, 0.29) is 15.8 Å². The van der Waals surface area contributed by atoms with Gasteiger partial charge in [0.25, 0.3) is 0 Å². The summed E-state index contributed by atoms with van der Waals surface area (Å²) in [5, 5.41) is -0.326. The van der Waals surface area contributed by atoms with Gasteiger partial charge in [-0.3, -0.25) is 4.79 Å². The molecule has 18 heavy (non-hydrogen) atoms. The maximum absolute atomic E-state index is 11.7. The third-order valence-electron chi connectivity index (χ3n) is 2.59. The number of carbonyl (C=O) groups is 1. The molecule has 0 unspecified atom stereocenters. The topological polar surface area (TPSA) is 26.3 Å². The second-order valence-electron chi connectivity index (χ2n) is 4.10. The zero-order valence-electron chi connectivity index (χ0n) is 10.9. The minimum Gasteiger partial charge on any atom is -0.465 e. The molecule has 2 nitrogen and oxygen atoms in total. The van der Waals surface area contributed by atoms with Crippen LogP contribution in [0.3, 0.4) is 0 Å². The van der Waals surface area contributed by atoms with Crippen LogP contribution in [-0.2, 0) is 9.53 Å². The Balaban J connectivity index is 4.36. The van der Waals surface area contributed by atoms with Crippen molar-refractivity contribution < 1.29 is 9.53 Å². The molecule has 2 atom stereocenters. The molecule has 5 heteroatoms. The van der Waals surface area contributed by atoms with Crippen LogP contribution in [0.25, 0.3) is 0 Å². The van der Waals surface area contributed by atoms with Crippen LogP contribution < -0.4 is 0 Å². The average Bonchev–Trinajstić information content (AvgIpc) is 2.31. The molecule has 0 aromatic carbocycles. The average molecular weight is 316 g/mol. The lowest BCUT2D eigenvalue weighted by atomic mass is 10.00. The van der Waals surface area contributed by atoms with Crippen molar-refractivity contribution in [1.29, 1.82) is 0 Å². The number of unbranched alkanes of at least 4 members (excludes halogenated alkanes) is 3. The molecule has 0 amide bonds. The Bertz CT molecular complexity index is 263. The van der Waals surface area contributed by atoms with E-state index < -0.39 is 5.92 Å². The van der Waals surface area contributed by atoms with Crippen LogP contribution in [0.15, 0.2) is 10.6 Å². The minimum absolute atomic E-state index is 0.0484. The van der Waals surface area contributed by atoms with E-state index in [1.165, 1.54) is 18.9 Å². The Morgan fingerprint density at radius 2 is 1.89 bits per heavy atom. The Labute approximate surface area is 125 Å². The smallest absolute Gasteiger partial charge is 0.314 e. The highest BCUT2D eigenvalue weighted by Crippen LogP contribution is 2.24. The molecule has 0 fully saturated rings. The van der Waals surface area contributed by atoms with Gasteiger partial charge in [-0.15, -0.1) is 11.6 Å². The van der Waals surface area contributed by atoms with Crippen molar-refractivity contribution >= 4 is 40.8 Å². The normalized spacial score (nSPS) is 13.8. The largest absolute Gasteiger partial charge is 0.465 e. The van der Waals surface area contributed by atoms with Crippen molar-refractivity contribution in [3.8, 4) is 0 Å². The summed E-state index contributed by atoms with van der Waals surface area (Å²) in [5.41, 5.74) is 0. The molecule has 0 saturated carbocycles. The van der Waals surface area contributed by atoms with Gasteiger partial charge in [-0.05, 0) is 19.4 Å². The Hall–Kier alpha value is 0.0800. The molecular weight excluding hydrogens is 295 g/mol. The van der Waals surface area contributed by atoms with Crippen LogP contribution >= 0.6 is 34.8 Å². The third-order valence-corrected chi connectivity index (χ3v) is 3.33. The molecular formula is C13H21Cl3O2. The number of hydrogen-bond acceptors (Lipinski definition) is 2. The second kappa shape index (κ2) is 11.0. The summed E-state index contributed by atoms with van der Waals surface area (Å²) in [6.45, 7) is 4.23. The third kappa shape index (κ3) is 8.23. The number of carbonyl (C=O) groups excluding carboxylic acids is 1. The molecule has 0 N–H and O–H groups in total. The van der Waals surface area contributed by atoms with E-state index in [9.17, 15) is 4.79 Å². The van der Waals surface area contributed by atoms with Gasteiger partial charge in [-0.25, -0.2) is 0 Å². The number of halogens is 3. The molecule has 106 valence electrons. The lowest BCUT2D eigenvalue weighted by Crippen LogP contribution is -2.25. The van der Waals surface area contributed by atoms with E-state index in [4.69, 9.17) is 39.5 Å². The molecule has 0 saturated heterocycles. The standard InChI is InChI=1S/C13H21Cl3O2/c1-3-5-6-7-8-11(14)10(9-12(15)16)13(17)18-4-2/h9-11H,3-8H2,1-2H3/t10-,11+/m0/s1. The highest BCUT2D eigenvalue weighted by molar-refractivity contribution is 6.56. The van der Waals surface area contributed by atoms with E-state index in [0.717, 1.165) is 19.3 Å². The molecule has 0 heterocycles. The highest BCUT2D eigenvalue weighted by atomic mass is 35.5. The first-order valence-electron chi connectivity index (χ1n) is 6.36. The van der Waals surface area contributed by atoms with Gasteiger partial charge in [0.05, 0.1) is 17.9 Å². The fraction of sp³-hybridized carbons (Fsp3) is 0.769. The maximum atomic E-state index is 11.7. The second-order valence-corrected chi connectivity index (χ2v) is 5.67. The number of rotatable bonds is 9. The van der Waals surface area contributed by atoms with Crippen LogP contribution in [-0.4, -0.2) is 18.0 Å². The van der Waals surface area contributed by atoms with Crippen LogP contribution in [0.5, 0.6) is 0 Å². The predicted molar refractivity (Wildman–Crippen MR) is 78.3 cm³/mol. The number of alkyl halides is 1. The number of ether oxygens (including phenoxy) is 1. The first-order valence-corrected chi connectivity index (χ1v) is 7.55. The van der Waals surface area contributed by atoms with Crippen molar-refractivity contribution in [3.05, 3.63) is 10.6 Å². The van der Waals surface area contributed by atoms with Crippen molar-refractivity contribution in [3.63, 3.8) is 0 Å². The summed E-state index contributed by atoms with van der Waals surface area (Å²) in [7, 11) is 0. The van der Waals surface area contributed by atoms with Gasteiger partial charge in [0.1, 0.15) is 4.49 Å². The SMILES string of the molecule is CCCCCC[C@@H](Cl)[C@H](C=C(Cl)Cl)C(=O)OCC. The molecule has 0 aliphatic carbocycles. The zero-order chi connectivity index (χ0) is 14.0. The first-order chi connectivity index (χ1) is 8.52. The summed E-state index contributed by atoms with van der Waals surface area (Å²) >= 11 is 17.4. The summed E-state index contributed by atoms with van der Waals surface area (Å²) in [6, 6.07) is 0. The van der Waals surface area contributed by atoms with Crippen molar-refractivity contribution in [2.45, 2.75) is 51.3 Å². The number of esters is 1. The van der Waals surface area contributed by atoms with E-state index in [1.807, 2.05) is 0 Å². The van der Waals surface area contributed by atoms with E-state index >= 15 is 0 Å². The van der Waals surface area contributed by atoms with E-state index in [2.05, 4.69) is 6.92 Å². The van der Waals surface area contributed by atoms with Gasteiger partial charge >= 0.3 is 5.97 Å². The lowest BCUT2D eigenvalue weighted by Gasteiger charge is -2.17. The molecule has 0 rings (SSSR count). The maximum Gasteiger partial charge on any atom is 0.314 e. The van der Waals surface area contributed by atoms with Gasteiger partial charge in [-0.1, -0.05) is 55.8 Å². The van der Waals surface area contributed by atoms with Crippen molar-refractivity contribution in [2.75, 3.05) is 6.61 Å². The summed E-state index contributed by atoms with van der Waals surface area (Å²) in [5.74, 6) is -0.940. The van der Waals surface area contributed by atoms with Gasteiger partial charge in [0.2, 0.25) is 0 Å². The van der Waals surface area contributed by atoms with Gasteiger partial charge in [0.15, 0.2) is 0 Å². The van der Waals surface area contributed by atoms with Crippen molar-refractivity contribution in [1.82, 2.24) is 0 Å². The minimum atomic E-state index is -0.571. The summed E-state index contributed by atoms with van der Waals surface area (Å²) in [4.78, 5) is 11.7. The monoisotopic (exact) mass is 314 g/mol. The van der Waals surface area contributed by atoms with E-state index in [0.29, 0.717) is 6.61 Å². The molecule has 0 aromatic rings. The first kappa shape index (κ1) is 18.1. The predicted octanol–water partition coefficient (Wildman–Crippen LogP) is 5.06. The van der Waals surface area contributed by atoms with Gasteiger partial charge in [0, 0.05) is 0 Å². The Morgan fingerprint density at radius 3 is 2.39 bits per heavy atom. The van der Waals surface area contributed by atoms with Crippen molar-refractivity contribution in [2.24, 2.45) is 5.92 Å². The Morgan fingerprint density at radius 1 is 1.22 bits per heavy atom. The number of hydrogen-bond donors (Lipinski definition) is 0. The molecule has 0 bridgehead atoms. The zero-order valence-corrected chi connectivity index (χ0v) is 13.2. The molecule has 0 aliphatic rings. The molecule has 0 aliphatic heterocycles. The van der Waals surface area contributed by atoms with E-state index in [1.54, 1.807) is 6.92 Å². The highest BCUT2D eigenvalue weighted by Gasteiger charge is 2.26. The summed E-state index contributed by atoms with van der Waals surface area (Å²) < 4.78 is 5.02. The molecule has 0 spiro atoms. The van der Waals surface area contributed by atoms with Crippen LogP contribution in [0.4, 0.5) is 0 Å². The Kier molecular flexibility index (Phi) is 11.0. The lowest BCUT2D eigenvalue weighted by molar-refractivity contribution is -0.146. The summed E-state index contributed by atoms with van der Waals surface area (Å²) in [6.07, 6.45) is 6.67.